The third-order valence-corrected chi connectivity index (χ3v) is 2.64. The van der Waals surface area contributed by atoms with E-state index >= 15 is 0 Å². The zero-order valence-corrected chi connectivity index (χ0v) is 9.84. The molecule has 0 unspecified atom stereocenters. The summed E-state index contributed by atoms with van der Waals surface area (Å²) < 4.78 is 1.02. The van der Waals surface area contributed by atoms with E-state index in [1.54, 1.807) is 0 Å². The fraction of sp³-hybridized carbons (Fsp3) is 0.400. The molecule has 1 atom stereocenters. The first kappa shape index (κ1) is 11.5. The third kappa shape index (κ3) is 3.29. The van der Waals surface area contributed by atoms with Gasteiger partial charge >= 0.3 is 0 Å². The summed E-state index contributed by atoms with van der Waals surface area (Å²) >= 11 is 3.46. The van der Waals surface area contributed by atoms with Crippen LogP contribution in [-0.2, 0) is 0 Å². The van der Waals surface area contributed by atoms with Crippen LogP contribution in [0.1, 0.15) is 5.56 Å². The quantitative estimate of drug-likeness (QED) is 0.749. The van der Waals surface area contributed by atoms with Gasteiger partial charge < -0.3 is 16.2 Å². The van der Waals surface area contributed by atoms with Crippen LogP contribution in [0.2, 0.25) is 0 Å². The van der Waals surface area contributed by atoms with Gasteiger partial charge in [-0.15, -0.1) is 0 Å². The van der Waals surface area contributed by atoms with Gasteiger partial charge in [-0.1, -0.05) is 6.07 Å². The molecule has 0 aliphatic heterocycles. The number of hydrogen-bond donors (Lipinski definition) is 3. The molecule has 4 heteroatoms. The molecule has 0 heterocycles. The Labute approximate surface area is 92.4 Å². The Morgan fingerprint density at radius 2 is 2.29 bits per heavy atom. The maximum absolute atomic E-state index is 9.32. The molecule has 78 valence electrons. The van der Waals surface area contributed by atoms with Gasteiger partial charge in [-0.3, -0.25) is 0 Å². The second-order valence-electron chi connectivity index (χ2n) is 3.31. The minimum absolute atomic E-state index is 0.386. The van der Waals surface area contributed by atoms with Crippen molar-refractivity contribution in [1.29, 1.82) is 0 Å². The highest BCUT2D eigenvalue weighted by molar-refractivity contribution is 9.10. The number of quaternary nitrogens is 1. The van der Waals surface area contributed by atoms with E-state index in [1.807, 2.05) is 25.1 Å². The van der Waals surface area contributed by atoms with E-state index in [2.05, 4.69) is 27.0 Å². The van der Waals surface area contributed by atoms with Crippen molar-refractivity contribution in [3.8, 4) is 0 Å². The fourth-order valence-electron chi connectivity index (χ4n) is 1.09. The molecule has 0 aromatic heterocycles. The van der Waals surface area contributed by atoms with Crippen LogP contribution in [0.4, 0.5) is 5.69 Å². The van der Waals surface area contributed by atoms with Crippen molar-refractivity contribution in [1.82, 2.24) is 0 Å². The molecular formula is C10H16BrN2O+. The topological polar surface area (TPSA) is 59.9 Å². The van der Waals surface area contributed by atoms with Crippen molar-refractivity contribution in [2.75, 3.05) is 18.4 Å². The highest BCUT2D eigenvalue weighted by atomic mass is 79.9. The lowest BCUT2D eigenvalue weighted by molar-refractivity contribution is -0.382. The number of hydrogen-bond acceptors (Lipinski definition) is 2. The van der Waals surface area contributed by atoms with Crippen molar-refractivity contribution in [2.45, 2.75) is 13.0 Å². The number of nitrogens with one attached hydrogen (secondary N) is 1. The smallest absolute Gasteiger partial charge is 0.120 e. The van der Waals surface area contributed by atoms with Gasteiger partial charge in [-0.25, -0.2) is 0 Å². The first-order chi connectivity index (χ1) is 6.63. The molecule has 5 N–H and O–H groups in total. The fourth-order valence-corrected chi connectivity index (χ4v) is 1.73. The van der Waals surface area contributed by atoms with E-state index in [0.717, 1.165) is 10.2 Å². The Morgan fingerprint density at radius 1 is 1.57 bits per heavy atom. The first-order valence-electron chi connectivity index (χ1n) is 4.61. The lowest BCUT2D eigenvalue weighted by Gasteiger charge is -2.11. The van der Waals surface area contributed by atoms with Crippen LogP contribution >= 0.6 is 15.9 Å². The maximum Gasteiger partial charge on any atom is 0.120 e. The summed E-state index contributed by atoms with van der Waals surface area (Å²) in [6, 6.07) is 6.07. The average Bonchev–Trinajstić information content (AvgIpc) is 2.16. The molecule has 0 saturated heterocycles. The standard InChI is InChI=1S/C10H15BrN2O/c1-7-2-3-10(9(11)4-7)13-6-8(14)5-12/h2-4,8,13-14H,5-6,12H2,1H3/p+1/t8-/m0/s1. The Hall–Kier alpha value is -0.580. The minimum Gasteiger partial charge on any atom is -0.385 e. The SMILES string of the molecule is Cc1ccc(NC[C@@H](O)C[NH3+])c(Br)c1. The Balaban J connectivity index is 2.59. The molecule has 0 fully saturated rings. The lowest BCUT2D eigenvalue weighted by atomic mass is 10.2. The number of aryl methyl sites for hydroxylation is 1. The van der Waals surface area contributed by atoms with E-state index in [4.69, 9.17) is 0 Å². The van der Waals surface area contributed by atoms with Gasteiger partial charge in [0.1, 0.15) is 12.6 Å². The molecular weight excluding hydrogens is 244 g/mol. The molecule has 3 nitrogen and oxygen atoms in total. The summed E-state index contributed by atoms with van der Waals surface area (Å²) in [5, 5.41) is 12.5. The Morgan fingerprint density at radius 3 is 2.86 bits per heavy atom. The van der Waals surface area contributed by atoms with Crippen LogP contribution < -0.4 is 11.1 Å². The predicted octanol–water partition coefficient (Wildman–Crippen LogP) is 0.772. The van der Waals surface area contributed by atoms with Crippen LogP contribution in [0.15, 0.2) is 22.7 Å². The number of rotatable bonds is 4. The predicted molar refractivity (Wildman–Crippen MR) is 61.1 cm³/mol. The molecule has 1 rings (SSSR count). The zero-order chi connectivity index (χ0) is 10.6. The second kappa shape index (κ2) is 5.34. The van der Waals surface area contributed by atoms with Crippen molar-refractivity contribution in [3.05, 3.63) is 28.2 Å². The van der Waals surface area contributed by atoms with Gasteiger partial charge in [0.15, 0.2) is 0 Å². The molecule has 0 bridgehead atoms. The van der Waals surface area contributed by atoms with E-state index in [-0.39, 0.29) is 6.10 Å². The molecule has 0 aliphatic rings. The molecule has 0 aliphatic carbocycles. The number of benzene rings is 1. The van der Waals surface area contributed by atoms with Gasteiger partial charge in [-0.2, -0.15) is 0 Å². The summed E-state index contributed by atoms with van der Waals surface area (Å²) in [4.78, 5) is 0. The van der Waals surface area contributed by atoms with E-state index in [1.165, 1.54) is 5.56 Å². The lowest BCUT2D eigenvalue weighted by Crippen LogP contribution is -2.57. The maximum atomic E-state index is 9.32. The van der Waals surface area contributed by atoms with Crippen LogP contribution in [0.3, 0.4) is 0 Å². The highest BCUT2D eigenvalue weighted by Crippen LogP contribution is 2.22. The average molecular weight is 260 g/mol. The summed E-state index contributed by atoms with van der Waals surface area (Å²) in [6.45, 7) is 3.10. The summed E-state index contributed by atoms with van der Waals surface area (Å²) in [7, 11) is 0. The molecule has 14 heavy (non-hydrogen) atoms. The molecule has 0 radical (unpaired) electrons. The van der Waals surface area contributed by atoms with Crippen LogP contribution in [0.5, 0.6) is 0 Å². The number of anilines is 1. The zero-order valence-electron chi connectivity index (χ0n) is 8.26. The van der Waals surface area contributed by atoms with Gasteiger partial charge in [0, 0.05) is 16.7 Å². The van der Waals surface area contributed by atoms with Crippen LogP contribution in [0.25, 0.3) is 0 Å². The summed E-state index contributed by atoms with van der Waals surface area (Å²) in [5.74, 6) is 0. The van der Waals surface area contributed by atoms with Crippen molar-refractivity contribution >= 4 is 21.6 Å². The molecule has 1 aromatic carbocycles. The third-order valence-electron chi connectivity index (χ3n) is 1.99. The monoisotopic (exact) mass is 259 g/mol. The molecule has 0 saturated carbocycles. The minimum atomic E-state index is -0.386. The normalized spacial score (nSPS) is 12.6. The van der Waals surface area contributed by atoms with Crippen molar-refractivity contribution in [3.63, 3.8) is 0 Å². The van der Waals surface area contributed by atoms with Gasteiger partial charge in [0.2, 0.25) is 0 Å². The van der Waals surface area contributed by atoms with Gasteiger partial charge in [0.05, 0.1) is 0 Å². The van der Waals surface area contributed by atoms with E-state index in [0.29, 0.717) is 13.1 Å². The largest absolute Gasteiger partial charge is 0.385 e. The number of aliphatic hydroxyl groups is 1. The molecule has 0 amide bonds. The molecule has 1 aromatic rings. The highest BCUT2D eigenvalue weighted by Gasteiger charge is 2.04. The van der Waals surface area contributed by atoms with Crippen LogP contribution in [-0.4, -0.2) is 24.3 Å². The van der Waals surface area contributed by atoms with Gasteiger partial charge in [-0.05, 0) is 40.5 Å². The number of aliphatic hydroxyl groups excluding tert-OH is 1. The van der Waals surface area contributed by atoms with Gasteiger partial charge in [0.25, 0.3) is 0 Å². The Bertz CT molecular complexity index is 304. The number of halogens is 1. The van der Waals surface area contributed by atoms with Crippen molar-refractivity contribution in [2.24, 2.45) is 0 Å². The summed E-state index contributed by atoms with van der Waals surface area (Å²) in [5.41, 5.74) is 5.84. The first-order valence-corrected chi connectivity index (χ1v) is 5.40. The molecule has 0 spiro atoms. The second-order valence-corrected chi connectivity index (χ2v) is 4.16. The van der Waals surface area contributed by atoms with Crippen molar-refractivity contribution < 1.29 is 10.8 Å². The summed E-state index contributed by atoms with van der Waals surface area (Å²) in [6.07, 6.45) is -0.386. The Kier molecular flexibility index (Phi) is 4.38. The van der Waals surface area contributed by atoms with E-state index < -0.39 is 0 Å². The van der Waals surface area contributed by atoms with Crippen LogP contribution in [0, 0.1) is 6.92 Å². The van der Waals surface area contributed by atoms with E-state index in [9.17, 15) is 5.11 Å².